The summed E-state index contributed by atoms with van der Waals surface area (Å²) >= 11 is 1.77. The van der Waals surface area contributed by atoms with Crippen LogP contribution in [0.25, 0.3) is 10.2 Å². The minimum Gasteiger partial charge on any atom is -0.391 e. The van der Waals surface area contributed by atoms with Crippen molar-refractivity contribution in [2.24, 2.45) is 0 Å². The average molecular weight is 444 g/mol. The first-order valence-electron chi connectivity index (χ1n) is 11.6. The molecule has 5 rings (SSSR count). The summed E-state index contributed by atoms with van der Waals surface area (Å²) in [6.45, 7) is 1.16. The van der Waals surface area contributed by atoms with E-state index in [0.29, 0.717) is 38.0 Å². The van der Waals surface area contributed by atoms with Gasteiger partial charge in [0.15, 0.2) is 0 Å². The molecule has 168 valence electrons. The number of aliphatic hydroxyl groups is 1. The lowest BCUT2D eigenvalue weighted by atomic mass is 9.90. The summed E-state index contributed by atoms with van der Waals surface area (Å²) in [6, 6.07) is 1.12. The molecule has 3 aliphatic rings. The van der Waals surface area contributed by atoms with Crippen molar-refractivity contribution in [2.45, 2.75) is 75.5 Å². The highest BCUT2D eigenvalue weighted by atomic mass is 32.1. The fourth-order valence-corrected chi connectivity index (χ4v) is 6.86. The number of hydrogen-bond acceptors (Lipinski definition) is 7. The van der Waals surface area contributed by atoms with Crippen LogP contribution >= 0.6 is 11.3 Å². The maximum atomic E-state index is 12.9. The summed E-state index contributed by atoms with van der Waals surface area (Å²) < 4.78 is 0. The predicted molar refractivity (Wildman–Crippen MR) is 124 cm³/mol. The molecule has 1 saturated carbocycles. The topological polar surface area (TPSA) is 81.6 Å². The smallest absolute Gasteiger partial charge is 0.223 e. The zero-order chi connectivity index (χ0) is 21.5. The van der Waals surface area contributed by atoms with Crippen molar-refractivity contribution in [1.82, 2.24) is 19.8 Å². The van der Waals surface area contributed by atoms with Gasteiger partial charge < -0.3 is 20.2 Å². The fraction of sp³-hybridized carbons (Fsp3) is 0.696. The number of aromatic nitrogens is 2. The molecule has 1 aliphatic heterocycles. The van der Waals surface area contributed by atoms with Gasteiger partial charge in [0, 0.05) is 36.5 Å². The SMILES string of the molecule is CN(C)[C@H]1CC[C@H](Nc2ncnc3sc4c(c23)C(CC(=O)N2CC[C@@H](O)C2)CC4)CC1. The first kappa shape index (κ1) is 21.1. The lowest BCUT2D eigenvalue weighted by Gasteiger charge is -2.33. The number of thiophene rings is 1. The highest BCUT2D eigenvalue weighted by Gasteiger charge is 2.34. The summed E-state index contributed by atoms with van der Waals surface area (Å²) in [4.78, 5) is 28.7. The molecular weight excluding hydrogens is 410 g/mol. The molecule has 1 amide bonds. The fourth-order valence-electron chi connectivity index (χ4n) is 5.62. The Morgan fingerprint density at radius 2 is 2.03 bits per heavy atom. The van der Waals surface area contributed by atoms with Gasteiger partial charge in [-0.3, -0.25) is 4.79 Å². The highest BCUT2D eigenvalue weighted by molar-refractivity contribution is 7.19. The third-order valence-corrected chi connectivity index (χ3v) is 8.61. The third kappa shape index (κ3) is 4.17. The van der Waals surface area contributed by atoms with Crippen LogP contribution in [0.5, 0.6) is 0 Å². The zero-order valence-corrected chi connectivity index (χ0v) is 19.3. The Morgan fingerprint density at radius 1 is 1.23 bits per heavy atom. The summed E-state index contributed by atoms with van der Waals surface area (Å²) in [6.07, 6.45) is 9.28. The van der Waals surface area contributed by atoms with E-state index >= 15 is 0 Å². The summed E-state index contributed by atoms with van der Waals surface area (Å²) in [5, 5.41) is 14.7. The van der Waals surface area contributed by atoms with Gasteiger partial charge >= 0.3 is 0 Å². The van der Waals surface area contributed by atoms with Gasteiger partial charge in [0.2, 0.25) is 5.91 Å². The molecule has 1 saturated heterocycles. The van der Waals surface area contributed by atoms with Crippen LogP contribution in [0.4, 0.5) is 5.82 Å². The Bertz CT molecular complexity index is 953. The number of aliphatic hydroxyl groups excluding tert-OH is 1. The Kier molecular flexibility index (Phi) is 5.88. The van der Waals surface area contributed by atoms with E-state index in [1.165, 1.54) is 23.3 Å². The normalized spacial score (nSPS) is 28.5. The van der Waals surface area contributed by atoms with Crippen LogP contribution in [0, 0.1) is 0 Å². The molecule has 3 heterocycles. The number of aryl methyl sites for hydroxylation is 1. The molecule has 2 fully saturated rings. The second kappa shape index (κ2) is 8.64. The lowest BCUT2D eigenvalue weighted by Crippen LogP contribution is -2.36. The molecule has 2 aromatic heterocycles. The number of fused-ring (bicyclic) bond motifs is 3. The Labute approximate surface area is 187 Å². The van der Waals surface area contributed by atoms with Crippen LogP contribution in [-0.2, 0) is 11.2 Å². The maximum absolute atomic E-state index is 12.9. The molecule has 2 atom stereocenters. The van der Waals surface area contributed by atoms with Crippen LogP contribution < -0.4 is 5.32 Å². The van der Waals surface area contributed by atoms with Gasteiger partial charge in [-0.15, -0.1) is 11.3 Å². The van der Waals surface area contributed by atoms with E-state index in [4.69, 9.17) is 0 Å². The molecule has 8 heteroatoms. The largest absolute Gasteiger partial charge is 0.391 e. The van der Waals surface area contributed by atoms with Gasteiger partial charge in [0.1, 0.15) is 17.0 Å². The van der Waals surface area contributed by atoms with Crippen LogP contribution in [0.2, 0.25) is 0 Å². The standard InChI is InChI=1S/C23H33N5O2S/c1-27(2)16-6-4-15(5-7-16)26-22-21-20-14(11-19(30)28-10-9-17(29)12-28)3-8-18(20)31-23(21)25-13-24-22/h13-17,29H,3-12H2,1-2H3,(H,24,25,26)/t14?,15-,16-,17-/m1/s1. The number of likely N-dealkylation sites (tertiary alicyclic amines) is 1. The number of amides is 1. The summed E-state index contributed by atoms with van der Waals surface area (Å²) in [5.41, 5.74) is 1.30. The molecule has 1 unspecified atom stereocenters. The average Bonchev–Trinajstić information content (AvgIpc) is 3.45. The van der Waals surface area contributed by atoms with Crippen molar-refractivity contribution >= 4 is 33.3 Å². The first-order valence-corrected chi connectivity index (χ1v) is 12.5. The second-order valence-corrected chi connectivity index (χ2v) is 10.8. The number of carbonyl (C=O) groups excluding carboxylic acids is 1. The zero-order valence-electron chi connectivity index (χ0n) is 18.5. The van der Waals surface area contributed by atoms with Crippen molar-refractivity contribution in [3.8, 4) is 0 Å². The van der Waals surface area contributed by atoms with Crippen molar-refractivity contribution in [3.63, 3.8) is 0 Å². The van der Waals surface area contributed by atoms with Gasteiger partial charge in [-0.05, 0) is 70.5 Å². The van der Waals surface area contributed by atoms with Crippen LogP contribution in [0.15, 0.2) is 6.33 Å². The lowest BCUT2D eigenvalue weighted by molar-refractivity contribution is -0.130. The summed E-state index contributed by atoms with van der Waals surface area (Å²) in [7, 11) is 4.34. The van der Waals surface area contributed by atoms with Gasteiger partial charge in [-0.25, -0.2) is 9.97 Å². The minimum atomic E-state index is -0.364. The Balaban J connectivity index is 1.35. The van der Waals surface area contributed by atoms with Crippen molar-refractivity contribution in [1.29, 1.82) is 0 Å². The number of nitrogens with one attached hydrogen (secondary N) is 1. The van der Waals surface area contributed by atoms with E-state index in [9.17, 15) is 9.90 Å². The van der Waals surface area contributed by atoms with Gasteiger partial charge in [0.25, 0.3) is 0 Å². The van der Waals surface area contributed by atoms with Crippen LogP contribution in [0.3, 0.4) is 0 Å². The quantitative estimate of drug-likeness (QED) is 0.739. The molecule has 0 spiro atoms. The molecule has 2 aliphatic carbocycles. The van der Waals surface area contributed by atoms with Crippen LogP contribution in [0.1, 0.15) is 61.3 Å². The van der Waals surface area contributed by atoms with Crippen LogP contribution in [-0.4, -0.2) is 76.2 Å². The number of nitrogens with zero attached hydrogens (tertiary/aromatic N) is 4. The molecule has 7 nitrogen and oxygen atoms in total. The maximum Gasteiger partial charge on any atom is 0.223 e. The summed E-state index contributed by atoms with van der Waals surface area (Å²) in [5.74, 6) is 1.35. The number of hydrogen-bond donors (Lipinski definition) is 2. The van der Waals surface area contributed by atoms with Gasteiger partial charge in [-0.2, -0.15) is 0 Å². The van der Waals surface area contributed by atoms with Crippen molar-refractivity contribution in [3.05, 3.63) is 16.8 Å². The van der Waals surface area contributed by atoms with E-state index in [2.05, 4.69) is 34.3 Å². The number of carbonyl (C=O) groups is 1. The molecule has 31 heavy (non-hydrogen) atoms. The number of rotatable bonds is 5. The Morgan fingerprint density at radius 3 is 2.74 bits per heavy atom. The van der Waals surface area contributed by atoms with Gasteiger partial charge in [0.05, 0.1) is 11.5 Å². The molecule has 2 aromatic rings. The minimum absolute atomic E-state index is 0.169. The van der Waals surface area contributed by atoms with Crippen molar-refractivity contribution in [2.75, 3.05) is 32.5 Å². The molecule has 2 N–H and O–H groups in total. The van der Waals surface area contributed by atoms with E-state index < -0.39 is 0 Å². The molecular formula is C23H33N5O2S. The molecule has 0 radical (unpaired) electrons. The van der Waals surface area contributed by atoms with E-state index in [1.54, 1.807) is 17.7 Å². The first-order chi connectivity index (χ1) is 15.0. The second-order valence-electron chi connectivity index (χ2n) is 9.68. The van der Waals surface area contributed by atoms with E-state index in [1.807, 2.05) is 4.90 Å². The molecule has 0 bridgehead atoms. The monoisotopic (exact) mass is 443 g/mol. The molecule has 0 aromatic carbocycles. The number of β-amino-alcohol motifs (C(OH)–C–C–N with tert-alkyl or cyclic N) is 1. The predicted octanol–water partition coefficient (Wildman–Crippen LogP) is 2.99. The van der Waals surface area contributed by atoms with Gasteiger partial charge in [-0.1, -0.05) is 0 Å². The Hall–Kier alpha value is -1.77. The number of anilines is 1. The third-order valence-electron chi connectivity index (χ3n) is 7.44. The van der Waals surface area contributed by atoms with E-state index in [-0.39, 0.29) is 17.9 Å². The highest BCUT2D eigenvalue weighted by Crippen LogP contribution is 2.47. The van der Waals surface area contributed by atoms with E-state index in [0.717, 1.165) is 41.7 Å². The van der Waals surface area contributed by atoms with Crippen molar-refractivity contribution < 1.29 is 9.90 Å².